The molecule has 0 aromatic rings. The van der Waals surface area contributed by atoms with E-state index in [1.807, 2.05) is 0 Å². The lowest BCUT2D eigenvalue weighted by molar-refractivity contribution is -0.288. The summed E-state index contributed by atoms with van der Waals surface area (Å²) in [5.41, 5.74) is 0. The first-order valence-electron chi connectivity index (χ1n) is 5.89. The van der Waals surface area contributed by atoms with Crippen LogP contribution in [-0.4, -0.2) is 20.0 Å². The van der Waals surface area contributed by atoms with Gasteiger partial charge in [-0.3, -0.25) is 0 Å². The normalized spacial score (nSPS) is 24.6. The topological polar surface area (TPSA) is 18.5 Å². The van der Waals surface area contributed by atoms with Gasteiger partial charge in [-0.15, -0.1) is 0 Å². The number of hydrogen-bond acceptors (Lipinski definition) is 2. The Hall–Kier alpha value is -0.0800. The quantitative estimate of drug-likeness (QED) is 0.463. The first-order chi connectivity index (χ1) is 6.79. The lowest BCUT2D eigenvalue weighted by Gasteiger charge is -2.47. The Morgan fingerprint density at radius 1 is 1.14 bits per heavy atom. The molecule has 0 heterocycles. The number of ether oxygens (including phenoxy) is 2. The van der Waals surface area contributed by atoms with Crippen molar-refractivity contribution < 1.29 is 9.47 Å². The van der Waals surface area contributed by atoms with Gasteiger partial charge in [-0.05, 0) is 12.8 Å². The Bertz CT molecular complexity index is 147. The van der Waals surface area contributed by atoms with Crippen LogP contribution in [0.3, 0.4) is 0 Å². The Kier molecular flexibility index (Phi) is 4.90. The zero-order valence-electron chi connectivity index (χ0n) is 9.84. The summed E-state index contributed by atoms with van der Waals surface area (Å²) in [5.74, 6) is 0.404. The molecule has 0 spiro atoms. The van der Waals surface area contributed by atoms with Crippen molar-refractivity contribution in [2.75, 3.05) is 14.2 Å². The van der Waals surface area contributed by atoms with E-state index >= 15 is 0 Å². The molecule has 1 saturated carbocycles. The molecule has 2 heteroatoms. The summed E-state index contributed by atoms with van der Waals surface area (Å²) in [6.07, 6.45) is 8.96. The molecule has 1 unspecified atom stereocenters. The molecule has 1 aliphatic carbocycles. The van der Waals surface area contributed by atoms with Crippen molar-refractivity contribution in [3.05, 3.63) is 0 Å². The zero-order chi connectivity index (χ0) is 10.4. The third-order valence-electron chi connectivity index (χ3n) is 3.56. The van der Waals surface area contributed by atoms with Crippen LogP contribution in [0.5, 0.6) is 0 Å². The van der Waals surface area contributed by atoms with Crippen LogP contribution < -0.4 is 0 Å². The van der Waals surface area contributed by atoms with Crippen molar-refractivity contribution in [2.24, 2.45) is 5.92 Å². The van der Waals surface area contributed by atoms with Gasteiger partial charge in [0.15, 0.2) is 5.79 Å². The van der Waals surface area contributed by atoms with E-state index in [-0.39, 0.29) is 5.79 Å². The Labute approximate surface area is 88.0 Å². The van der Waals surface area contributed by atoms with Crippen molar-refractivity contribution >= 4 is 0 Å². The Balaban J connectivity index is 2.18. The van der Waals surface area contributed by atoms with Gasteiger partial charge in [0, 0.05) is 26.6 Å². The Morgan fingerprint density at radius 2 is 1.86 bits per heavy atom. The maximum Gasteiger partial charge on any atom is 0.170 e. The molecule has 84 valence electrons. The van der Waals surface area contributed by atoms with Crippen LogP contribution >= 0.6 is 0 Å². The first kappa shape index (κ1) is 12.0. The lowest BCUT2D eigenvalue weighted by atomic mass is 9.75. The van der Waals surface area contributed by atoms with Crippen molar-refractivity contribution in [2.45, 2.75) is 57.7 Å². The SMILES string of the molecule is CCCCCCC1CCC1(OC)OC. The highest BCUT2D eigenvalue weighted by Crippen LogP contribution is 2.44. The van der Waals surface area contributed by atoms with Crippen molar-refractivity contribution in [1.29, 1.82) is 0 Å². The number of methoxy groups -OCH3 is 2. The molecule has 0 aromatic carbocycles. The number of rotatable bonds is 7. The second-order valence-electron chi connectivity index (χ2n) is 4.31. The molecule has 0 bridgehead atoms. The van der Waals surface area contributed by atoms with Gasteiger partial charge in [0.2, 0.25) is 0 Å². The first-order valence-corrected chi connectivity index (χ1v) is 5.89. The second kappa shape index (κ2) is 5.72. The highest BCUT2D eigenvalue weighted by Gasteiger charge is 2.46. The summed E-state index contributed by atoms with van der Waals surface area (Å²) in [6, 6.07) is 0. The van der Waals surface area contributed by atoms with Crippen LogP contribution in [0.25, 0.3) is 0 Å². The summed E-state index contributed by atoms with van der Waals surface area (Å²) in [6.45, 7) is 2.25. The molecule has 1 fully saturated rings. The average molecular weight is 200 g/mol. The number of hydrogen-bond donors (Lipinski definition) is 0. The maximum absolute atomic E-state index is 5.47. The molecule has 0 amide bonds. The summed E-state index contributed by atoms with van der Waals surface area (Å²) in [7, 11) is 3.53. The molecule has 1 aliphatic rings. The van der Waals surface area contributed by atoms with Crippen LogP contribution in [0.2, 0.25) is 0 Å². The molecular weight excluding hydrogens is 176 g/mol. The summed E-state index contributed by atoms with van der Waals surface area (Å²) in [5, 5.41) is 0. The van der Waals surface area contributed by atoms with Crippen LogP contribution in [0.4, 0.5) is 0 Å². The van der Waals surface area contributed by atoms with Crippen molar-refractivity contribution in [3.63, 3.8) is 0 Å². The molecule has 0 aromatic heterocycles. The van der Waals surface area contributed by atoms with E-state index < -0.39 is 0 Å². The van der Waals surface area contributed by atoms with Gasteiger partial charge >= 0.3 is 0 Å². The van der Waals surface area contributed by atoms with Gasteiger partial charge in [0.05, 0.1) is 0 Å². The van der Waals surface area contributed by atoms with E-state index in [1.54, 1.807) is 14.2 Å². The summed E-state index contributed by atoms with van der Waals surface area (Å²) in [4.78, 5) is 0. The van der Waals surface area contributed by atoms with E-state index in [0.29, 0.717) is 5.92 Å². The predicted octanol–water partition coefficient (Wildman–Crippen LogP) is 3.36. The Morgan fingerprint density at radius 3 is 2.29 bits per heavy atom. The van der Waals surface area contributed by atoms with Crippen LogP contribution in [-0.2, 0) is 9.47 Å². The average Bonchev–Trinajstić information content (AvgIpc) is 2.18. The van der Waals surface area contributed by atoms with E-state index in [4.69, 9.17) is 9.47 Å². The molecule has 0 saturated heterocycles. The standard InChI is InChI=1S/C12H24O2/c1-4-5-6-7-8-11-9-10-12(11,13-2)14-3/h11H,4-10H2,1-3H3. The van der Waals surface area contributed by atoms with E-state index in [0.717, 1.165) is 6.42 Å². The molecule has 1 atom stereocenters. The van der Waals surface area contributed by atoms with Gasteiger partial charge in [-0.25, -0.2) is 0 Å². The third-order valence-corrected chi connectivity index (χ3v) is 3.56. The predicted molar refractivity (Wildman–Crippen MR) is 58.2 cm³/mol. The lowest BCUT2D eigenvalue weighted by Crippen LogP contribution is -2.50. The fourth-order valence-electron chi connectivity index (χ4n) is 2.39. The van der Waals surface area contributed by atoms with Gasteiger partial charge in [-0.2, -0.15) is 0 Å². The molecule has 2 nitrogen and oxygen atoms in total. The molecule has 0 radical (unpaired) electrons. The van der Waals surface area contributed by atoms with E-state index in [2.05, 4.69) is 6.92 Å². The van der Waals surface area contributed by atoms with Gasteiger partial charge in [0.25, 0.3) is 0 Å². The van der Waals surface area contributed by atoms with Crippen molar-refractivity contribution in [1.82, 2.24) is 0 Å². The monoisotopic (exact) mass is 200 g/mol. The number of unbranched alkanes of at least 4 members (excludes halogenated alkanes) is 3. The van der Waals surface area contributed by atoms with Gasteiger partial charge in [-0.1, -0.05) is 32.6 Å². The summed E-state index contributed by atoms with van der Waals surface area (Å²) >= 11 is 0. The highest BCUT2D eigenvalue weighted by atomic mass is 16.7. The van der Waals surface area contributed by atoms with Crippen LogP contribution in [0.15, 0.2) is 0 Å². The van der Waals surface area contributed by atoms with Crippen LogP contribution in [0, 0.1) is 5.92 Å². The molecule has 0 N–H and O–H groups in total. The fourth-order valence-corrected chi connectivity index (χ4v) is 2.39. The van der Waals surface area contributed by atoms with E-state index in [9.17, 15) is 0 Å². The maximum atomic E-state index is 5.47. The molecule has 1 rings (SSSR count). The van der Waals surface area contributed by atoms with Gasteiger partial charge < -0.3 is 9.47 Å². The minimum atomic E-state index is -0.230. The van der Waals surface area contributed by atoms with E-state index in [1.165, 1.54) is 38.5 Å². The molecule has 0 aliphatic heterocycles. The molecular formula is C12H24O2. The highest BCUT2D eigenvalue weighted by molar-refractivity contribution is 4.89. The van der Waals surface area contributed by atoms with Crippen molar-refractivity contribution in [3.8, 4) is 0 Å². The summed E-state index contributed by atoms with van der Waals surface area (Å²) < 4.78 is 10.9. The van der Waals surface area contributed by atoms with Crippen LogP contribution in [0.1, 0.15) is 51.9 Å². The fraction of sp³-hybridized carbons (Fsp3) is 1.00. The minimum absolute atomic E-state index is 0.230. The largest absolute Gasteiger partial charge is 0.353 e. The minimum Gasteiger partial charge on any atom is -0.353 e. The third kappa shape index (κ3) is 2.48. The molecule has 14 heavy (non-hydrogen) atoms. The smallest absolute Gasteiger partial charge is 0.170 e. The second-order valence-corrected chi connectivity index (χ2v) is 4.31. The zero-order valence-corrected chi connectivity index (χ0v) is 9.84. The van der Waals surface area contributed by atoms with Gasteiger partial charge in [0.1, 0.15) is 0 Å².